The highest BCUT2D eigenvalue weighted by atomic mass is 79.9. The Labute approximate surface area is 83.5 Å². The van der Waals surface area contributed by atoms with Crippen LogP contribution < -0.4 is 5.73 Å². The van der Waals surface area contributed by atoms with Gasteiger partial charge < -0.3 is 5.73 Å². The molecule has 0 bridgehead atoms. The summed E-state index contributed by atoms with van der Waals surface area (Å²) in [5, 5.41) is 8.29. The summed E-state index contributed by atoms with van der Waals surface area (Å²) in [6.07, 6.45) is 1.28. The van der Waals surface area contributed by atoms with Gasteiger partial charge in [-0.15, -0.1) is 0 Å². The maximum Gasteiger partial charge on any atom is 0.197 e. The molecule has 0 saturated heterocycles. The first-order chi connectivity index (χ1) is 6.15. The van der Waals surface area contributed by atoms with Crippen LogP contribution >= 0.6 is 15.9 Å². The molecule has 0 atom stereocenters. The molecule has 0 aliphatic rings. The van der Waals surface area contributed by atoms with Gasteiger partial charge in [0.2, 0.25) is 0 Å². The van der Waals surface area contributed by atoms with E-state index in [1.165, 1.54) is 6.20 Å². The minimum atomic E-state index is -0.354. The molecule has 4 nitrogen and oxygen atoms in total. The number of pyridine rings is 1. The van der Waals surface area contributed by atoms with E-state index in [0.29, 0.717) is 4.47 Å². The van der Waals surface area contributed by atoms with E-state index in [1.807, 2.05) is 0 Å². The van der Waals surface area contributed by atoms with Crippen LogP contribution in [0.25, 0.3) is 0 Å². The SMILES string of the molecule is N#CCC(=O)c1ncc(Br)cc1N. The molecule has 66 valence electrons. The molecular formula is C8H6BrN3O. The number of aromatic nitrogens is 1. The van der Waals surface area contributed by atoms with Crippen molar-refractivity contribution in [1.29, 1.82) is 5.26 Å². The zero-order chi connectivity index (χ0) is 9.84. The van der Waals surface area contributed by atoms with Gasteiger partial charge in [-0.05, 0) is 22.0 Å². The highest BCUT2D eigenvalue weighted by Crippen LogP contribution is 2.16. The van der Waals surface area contributed by atoms with Gasteiger partial charge in [-0.25, -0.2) is 4.98 Å². The smallest absolute Gasteiger partial charge is 0.197 e. The van der Waals surface area contributed by atoms with Crippen molar-refractivity contribution in [3.05, 3.63) is 22.4 Å². The van der Waals surface area contributed by atoms with Crippen molar-refractivity contribution in [2.75, 3.05) is 5.73 Å². The van der Waals surface area contributed by atoms with Crippen LogP contribution in [0.3, 0.4) is 0 Å². The van der Waals surface area contributed by atoms with Crippen LogP contribution in [-0.2, 0) is 0 Å². The van der Waals surface area contributed by atoms with Crippen LogP contribution in [0.5, 0.6) is 0 Å². The van der Waals surface area contributed by atoms with Crippen molar-refractivity contribution in [1.82, 2.24) is 4.98 Å². The van der Waals surface area contributed by atoms with E-state index in [-0.39, 0.29) is 23.6 Å². The minimum Gasteiger partial charge on any atom is -0.397 e. The molecule has 0 aliphatic carbocycles. The van der Waals surface area contributed by atoms with Gasteiger partial charge in [0, 0.05) is 10.7 Å². The lowest BCUT2D eigenvalue weighted by atomic mass is 10.2. The first kappa shape index (κ1) is 9.68. The number of anilines is 1. The molecule has 0 radical (unpaired) electrons. The van der Waals surface area contributed by atoms with Gasteiger partial charge in [0.1, 0.15) is 12.1 Å². The fourth-order valence-corrected chi connectivity index (χ4v) is 1.19. The van der Waals surface area contributed by atoms with Crippen LogP contribution in [0.15, 0.2) is 16.7 Å². The summed E-state index contributed by atoms with van der Waals surface area (Å²) in [4.78, 5) is 15.0. The first-order valence-corrected chi connectivity index (χ1v) is 4.25. The van der Waals surface area contributed by atoms with Crippen molar-refractivity contribution in [2.45, 2.75) is 6.42 Å². The second-order valence-electron chi connectivity index (χ2n) is 2.35. The number of nitriles is 1. The number of Topliss-reactive ketones (excluding diaryl/α,β-unsaturated/α-hetero) is 1. The Morgan fingerprint density at radius 2 is 2.46 bits per heavy atom. The maximum atomic E-state index is 11.2. The molecule has 0 spiro atoms. The molecular weight excluding hydrogens is 234 g/mol. The molecule has 1 aromatic heterocycles. The fourth-order valence-electron chi connectivity index (χ4n) is 0.843. The summed E-state index contributed by atoms with van der Waals surface area (Å²) in [7, 11) is 0. The number of nitrogens with zero attached hydrogens (tertiary/aromatic N) is 2. The van der Waals surface area contributed by atoms with Gasteiger partial charge in [-0.2, -0.15) is 5.26 Å². The number of nitrogens with two attached hydrogens (primary N) is 1. The minimum absolute atomic E-state index is 0.157. The van der Waals surface area contributed by atoms with E-state index >= 15 is 0 Å². The highest BCUT2D eigenvalue weighted by Gasteiger charge is 2.10. The molecule has 0 amide bonds. The van der Waals surface area contributed by atoms with Gasteiger partial charge in [0.05, 0.1) is 11.8 Å². The van der Waals surface area contributed by atoms with E-state index in [4.69, 9.17) is 11.0 Å². The molecule has 0 saturated carbocycles. The lowest BCUT2D eigenvalue weighted by Gasteiger charge is -2.00. The molecule has 0 fully saturated rings. The second-order valence-corrected chi connectivity index (χ2v) is 3.27. The predicted octanol–water partition coefficient (Wildman–Crippen LogP) is 1.52. The van der Waals surface area contributed by atoms with Gasteiger partial charge in [0.15, 0.2) is 5.78 Å². The Morgan fingerprint density at radius 1 is 1.77 bits per heavy atom. The Balaban J connectivity index is 3.03. The van der Waals surface area contributed by atoms with E-state index < -0.39 is 0 Å². The van der Waals surface area contributed by atoms with Crippen LogP contribution in [-0.4, -0.2) is 10.8 Å². The third-order valence-corrected chi connectivity index (χ3v) is 1.82. The summed E-state index contributed by atoms with van der Waals surface area (Å²) in [5.74, 6) is -0.354. The topological polar surface area (TPSA) is 79.8 Å². The zero-order valence-corrected chi connectivity index (χ0v) is 8.21. The summed E-state index contributed by atoms with van der Waals surface area (Å²) in [5.41, 5.74) is 5.97. The monoisotopic (exact) mass is 239 g/mol. The lowest BCUT2D eigenvalue weighted by molar-refractivity contribution is 0.0994. The third kappa shape index (κ3) is 2.26. The van der Waals surface area contributed by atoms with Gasteiger partial charge in [0.25, 0.3) is 0 Å². The van der Waals surface area contributed by atoms with Crippen molar-refractivity contribution in [2.24, 2.45) is 0 Å². The molecule has 5 heteroatoms. The summed E-state index contributed by atoms with van der Waals surface area (Å²) >= 11 is 3.17. The molecule has 1 aromatic rings. The molecule has 0 aromatic carbocycles. The highest BCUT2D eigenvalue weighted by molar-refractivity contribution is 9.10. The Morgan fingerprint density at radius 3 is 3.00 bits per heavy atom. The summed E-state index contributed by atoms with van der Waals surface area (Å²) in [6.45, 7) is 0. The van der Waals surface area contributed by atoms with Crippen molar-refractivity contribution >= 4 is 27.4 Å². The number of nitrogen functional groups attached to an aromatic ring is 1. The lowest BCUT2D eigenvalue weighted by Crippen LogP contribution is -2.05. The molecule has 0 aliphatic heterocycles. The van der Waals surface area contributed by atoms with Crippen molar-refractivity contribution < 1.29 is 4.79 Å². The summed E-state index contributed by atoms with van der Waals surface area (Å²) < 4.78 is 0.707. The second kappa shape index (κ2) is 4.01. The molecule has 0 unspecified atom stereocenters. The van der Waals surface area contributed by atoms with E-state index in [1.54, 1.807) is 12.1 Å². The number of rotatable bonds is 2. The summed E-state index contributed by atoms with van der Waals surface area (Å²) in [6, 6.07) is 3.33. The number of hydrogen-bond donors (Lipinski definition) is 1. The van der Waals surface area contributed by atoms with Crippen molar-refractivity contribution in [3.63, 3.8) is 0 Å². The van der Waals surface area contributed by atoms with Crippen molar-refractivity contribution in [3.8, 4) is 6.07 Å². The number of carbonyl (C=O) groups is 1. The van der Waals surface area contributed by atoms with Gasteiger partial charge in [-0.3, -0.25) is 4.79 Å². The average molecular weight is 240 g/mol. The van der Waals surface area contributed by atoms with Crippen LogP contribution in [0.1, 0.15) is 16.9 Å². The first-order valence-electron chi connectivity index (χ1n) is 3.46. The molecule has 13 heavy (non-hydrogen) atoms. The van der Waals surface area contributed by atoms with Gasteiger partial charge >= 0.3 is 0 Å². The third-order valence-electron chi connectivity index (χ3n) is 1.39. The number of halogens is 1. The number of ketones is 1. The average Bonchev–Trinajstić information content (AvgIpc) is 2.04. The number of carbonyl (C=O) groups excluding carboxylic acids is 1. The zero-order valence-electron chi connectivity index (χ0n) is 6.62. The quantitative estimate of drug-likeness (QED) is 0.794. The number of hydrogen-bond acceptors (Lipinski definition) is 4. The standard InChI is InChI=1S/C8H6BrN3O/c9-5-3-6(11)8(12-4-5)7(13)1-2-10/h3-4H,1,11H2. The Bertz CT molecular complexity index is 383. The van der Waals surface area contributed by atoms with Crippen LogP contribution in [0, 0.1) is 11.3 Å². The van der Waals surface area contributed by atoms with Gasteiger partial charge in [-0.1, -0.05) is 0 Å². The molecule has 2 N–H and O–H groups in total. The fraction of sp³-hybridized carbons (Fsp3) is 0.125. The van der Waals surface area contributed by atoms with E-state index in [9.17, 15) is 4.79 Å². The largest absolute Gasteiger partial charge is 0.397 e. The van der Waals surface area contributed by atoms with E-state index in [0.717, 1.165) is 0 Å². The normalized spacial score (nSPS) is 9.23. The maximum absolute atomic E-state index is 11.2. The van der Waals surface area contributed by atoms with E-state index in [2.05, 4.69) is 20.9 Å². The Hall–Kier alpha value is -1.41. The molecule has 1 rings (SSSR count). The predicted molar refractivity (Wildman–Crippen MR) is 50.9 cm³/mol. The molecule has 1 heterocycles. The van der Waals surface area contributed by atoms with Crippen LogP contribution in [0.4, 0.5) is 5.69 Å². The van der Waals surface area contributed by atoms with Crippen LogP contribution in [0.2, 0.25) is 0 Å². The Kier molecular flexibility index (Phi) is 2.98.